The van der Waals surface area contributed by atoms with E-state index in [1.165, 1.54) is 4.31 Å². The summed E-state index contributed by atoms with van der Waals surface area (Å²) in [6.45, 7) is 3.34. The number of anilines is 1. The first-order chi connectivity index (χ1) is 16.7. The molecular formula is C23H21ClN8O2S. The number of piperazine rings is 1. The van der Waals surface area contributed by atoms with Crippen LogP contribution in [0.1, 0.15) is 11.3 Å². The average Bonchev–Trinajstić information content (AvgIpc) is 3.22. The van der Waals surface area contributed by atoms with Crippen LogP contribution in [0.2, 0.25) is 5.15 Å². The summed E-state index contributed by atoms with van der Waals surface area (Å²) in [6, 6.07) is 14.9. The SMILES string of the molecule is Cc1cc(-c2c(-c3cccc(C#N)c3)nn3ccc(N4CCN(S(N)(=O)=O)CC4)nc23)cc(Cl)n1. The largest absolute Gasteiger partial charge is 0.354 e. The van der Waals surface area contributed by atoms with Crippen LogP contribution in [0, 0.1) is 18.3 Å². The van der Waals surface area contributed by atoms with Crippen LogP contribution in [0.5, 0.6) is 0 Å². The quantitative estimate of drug-likeness (QED) is 0.419. The minimum atomic E-state index is -3.72. The van der Waals surface area contributed by atoms with E-state index in [2.05, 4.69) is 11.1 Å². The number of rotatable bonds is 4. The van der Waals surface area contributed by atoms with E-state index in [9.17, 15) is 13.7 Å². The van der Waals surface area contributed by atoms with Gasteiger partial charge in [0.25, 0.3) is 10.2 Å². The number of nitriles is 1. The van der Waals surface area contributed by atoms with Gasteiger partial charge in [-0.1, -0.05) is 23.7 Å². The predicted octanol–water partition coefficient (Wildman–Crippen LogP) is 2.62. The summed E-state index contributed by atoms with van der Waals surface area (Å²) in [7, 11) is -3.72. The predicted molar refractivity (Wildman–Crippen MR) is 133 cm³/mol. The molecule has 3 aromatic heterocycles. The molecule has 0 spiro atoms. The lowest BCUT2D eigenvalue weighted by molar-refractivity contribution is 0.384. The minimum absolute atomic E-state index is 0.281. The van der Waals surface area contributed by atoms with Crippen molar-refractivity contribution in [1.29, 1.82) is 5.26 Å². The van der Waals surface area contributed by atoms with Gasteiger partial charge in [-0.15, -0.1) is 0 Å². The number of nitrogens with two attached hydrogens (primary N) is 1. The molecule has 5 rings (SSSR count). The lowest BCUT2D eigenvalue weighted by atomic mass is 10.00. The van der Waals surface area contributed by atoms with Gasteiger partial charge in [0, 0.05) is 43.6 Å². The zero-order chi connectivity index (χ0) is 24.7. The fourth-order valence-corrected chi connectivity index (χ4v) is 5.17. The molecule has 4 aromatic rings. The maximum absolute atomic E-state index is 11.7. The Hall–Kier alpha value is -3.56. The fraction of sp³-hybridized carbons (Fsp3) is 0.217. The Bertz CT molecular complexity index is 1570. The Morgan fingerprint density at radius 2 is 1.83 bits per heavy atom. The van der Waals surface area contributed by atoms with Crippen LogP contribution in [0.15, 0.2) is 48.7 Å². The Kier molecular flexibility index (Phi) is 5.90. The number of fused-ring (bicyclic) bond motifs is 1. The van der Waals surface area contributed by atoms with Gasteiger partial charge in [-0.3, -0.25) is 0 Å². The van der Waals surface area contributed by atoms with Crippen LogP contribution in [0.3, 0.4) is 0 Å². The second-order valence-electron chi connectivity index (χ2n) is 8.22. The number of pyridine rings is 1. The van der Waals surface area contributed by atoms with Crippen molar-refractivity contribution in [1.82, 2.24) is 23.9 Å². The molecule has 1 aliphatic rings. The summed E-state index contributed by atoms with van der Waals surface area (Å²) >= 11 is 6.29. The molecule has 1 aliphatic heterocycles. The molecule has 35 heavy (non-hydrogen) atoms. The summed E-state index contributed by atoms with van der Waals surface area (Å²) in [5.41, 5.74) is 4.88. The first-order valence-electron chi connectivity index (χ1n) is 10.8. The van der Waals surface area contributed by atoms with Crippen LogP contribution < -0.4 is 10.0 Å². The number of nitrogens with zero attached hydrogens (tertiary/aromatic N) is 7. The third-order valence-corrected chi connectivity index (χ3v) is 7.15. The summed E-state index contributed by atoms with van der Waals surface area (Å²) in [4.78, 5) is 11.2. The van der Waals surface area contributed by atoms with Gasteiger partial charge in [-0.05, 0) is 42.8 Å². The number of aromatic nitrogens is 4. The van der Waals surface area contributed by atoms with Crippen molar-refractivity contribution in [3.05, 3.63) is 65.1 Å². The molecule has 1 saturated heterocycles. The van der Waals surface area contributed by atoms with Crippen molar-refractivity contribution in [2.75, 3.05) is 31.1 Å². The summed E-state index contributed by atoms with van der Waals surface area (Å²) in [5.74, 6) is 0.696. The van der Waals surface area contributed by atoms with E-state index in [0.29, 0.717) is 41.0 Å². The lowest BCUT2D eigenvalue weighted by Gasteiger charge is -2.33. The van der Waals surface area contributed by atoms with Gasteiger partial charge in [0.15, 0.2) is 5.65 Å². The summed E-state index contributed by atoms with van der Waals surface area (Å²) in [6.07, 6.45) is 1.82. The maximum Gasteiger partial charge on any atom is 0.277 e. The van der Waals surface area contributed by atoms with E-state index in [4.69, 9.17) is 26.8 Å². The molecule has 0 radical (unpaired) electrons. The molecule has 0 bridgehead atoms. The van der Waals surface area contributed by atoms with Gasteiger partial charge in [-0.25, -0.2) is 19.6 Å². The highest BCUT2D eigenvalue weighted by Crippen LogP contribution is 2.36. The van der Waals surface area contributed by atoms with Crippen molar-refractivity contribution >= 4 is 33.3 Å². The molecule has 1 fully saturated rings. The fourth-order valence-electron chi connectivity index (χ4n) is 4.24. The van der Waals surface area contributed by atoms with E-state index in [0.717, 1.165) is 22.4 Å². The van der Waals surface area contributed by atoms with Crippen LogP contribution in [-0.2, 0) is 10.2 Å². The molecule has 4 heterocycles. The highest BCUT2D eigenvalue weighted by molar-refractivity contribution is 7.86. The molecule has 1 aromatic carbocycles. The monoisotopic (exact) mass is 508 g/mol. The molecule has 12 heteroatoms. The highest BCUT2D eigenvalue weighted by atomic mass is 35.5. The number of hydrogen-bond acceptors (Lipinski definition) is 7. The molecule has 0 amide bonds. The van der Waals surface area contributed by atoms with Gasteiger partial charge in [0.1, 0.15) is 16.7 Å². The van der Waals surface area contributed by atoms with E-state index in [-0.39, 0.29) is 13.1 Å². The zero-order valence-electron chi connectivity index (χ0n) is 18.8. The van der Waals surface area contributed by atoms with Gasteiger partial charge >= 0.3 is 0 Å². The number of hydrogen-bond donors (Lipinski definition) is 1. The van der Waals surface area contributed by atoms with E-state index in [1.807, 2.05) is 42.3 Å². The van der Waals surface area contributed by atoms with E-state index in [1.54, 1.807) is 22.7 Å². The molecule has 0 saturated carbocycles. The number of aryl methyl sites for hydroxylation is 1. The van der Waals surface area contributed by atoms with Gasteiger partial charge in [0.05, 0.1) is 17.2 Å². The first-order valence-corrected chi connectivity index (χ1v) is 12.7. The zero-order valence-corrected chi connectivity index (χ0v) is 20.3. The van der Waals surface area contributed by atoms with E-state index < -0.39 is 10.2 Å². The van der Waals surface area contributed by atoms with Crippen LogP contribution >= 0.6 is 11.6 Å². The molecule has 0 atom stereocenters. The molecule has 0 aliphatic carbocycles. The van der Waals surface area contributed by atoms with E-state index >= 15 is 0 Å². The molecule has 178 valence electrons. The van der Waals surface area contributed by atoms with Crippen molar-refractivity contribution < 1.29 is 8.42 Å². The van der Waals surface area contributed by atoms with Crippen molar-refractivity contribution in [2.45, 2.75) is 6.92 Å². The minimum Gasteiger partial charge on any atom is -0.354 e. The van der Waals surface area contributed by atoms with Gasteiger partial charge < -0.3 is 4.90 Å². The summed E-state index contributed by atoms with van der Waals surface area (Å²) < 4.78 is 26.3. The number of halogens is 1. The Morgan fingerprint density at radius 1 is 1.06 bits per heavy atom. The summed E-state index contributed by atoms with van der Waals surface area (Å²) in [5, 5.41) is 19.8. The smallest absolute Gasteiger partial charge is 0.277 e. The van der Waals surface area contributed by atoms with Gasteiger partial charge in [0.2, 0.25) is 0 Å². The van der Waals surface area contributed by atoms with Crippen molar-refractivity contribution in [2.24, 2.45) is 5.14 Å². The molecule has 10 nitrogen and oxygen atoms in total. The molecule has 2 N–H and O–H groups in total. The Balaban J connectivity index is 1.65. The lowest BCUT2D eigenvalue weighted by Crippen LogP contribution is -2.50. The second-order valence-corrected chi connectivity index (χ2v) is 10.2. The number of benzene rings is 1. The standard InChI is InChI=1S/C23H21ClN8O2S/c1-15-11-18(13-19(24)27-15)21-22(17-4-2-3-16(12-17)14-25)29-32-6-5-20(28-23(21)32)30-7-9-31(10-8-30)35(26,33)34/h2-6,11-13H,7-10H2,1H3,(H2,26,33,34). The van der Waals surface area contributed by atoms with Gasteiger partial charge in [-0.2, -0.15) is 23.1 Å². The molecule has 0 unspecified atom stereocenters. The third-order valence-electron chi connectivity index (χ3n) is 5.87. The van der Waals surface area contributed by atoms with Crippen LogP contribution in [0.25, 0.3) is 28.0 Å². The topological polar surface area (TPSA) is 134 Å². The normalized spacial score (nSPS) is 14.9. The Morgan fingerprint density at radius 3 is 2.51 bits per heavy atom. The first kappa shape index (κ1) is 23.2. The second kappa shape index (κ2) is 8.90. The highest BCUT2D eigenvalue weighted by Gasteiger charge is 2.26. The third kappa shape index (κ3) is 4.56. The Labute approximate surface area is 207 Å². The van der Waals surface area contributed by atoms with Crippen LogP contribution in [-0.4, -0.2) is 58.5 Å². The van der Waals surface area contributed by atoms with Crippen LogP contribution in [0.4, 0.5) is 5.82 Å². The maximum atomic E-state index is 11.7. The van der Waals surface area contributed by atoms with Crippen molar-refractivity contribution in [3.63, 3.8) is 0 Å². The van der Waals surface area contributed by atoms with Crippen molar-refractivity contribution in [3.8, 4) is 28.5 Å². The molecular weight excluding hydrogens is 488 g/mol. The average molecular weight is 509 g/mol.